The van der Waals surface area contributed by atoms with Gasteiger partial charge in [0.15, 0.2) is 0 Å². The van der Waals surface area contributed by atoms with Gasteiger partial charge in [-0.05, 0) is 55.1 Å². The zero-order valence-corrected chi connectivity index (χ0v) is 15.2. The third kappa shape index (κ3) is 3.61. The van der Waals surface area contributed by atoms with Crippen molar-refractivity contribution in [3.05, 3.63) is 35.4 Å². The fraction of sp³-hybridized carbons (Fsp3) is 0.667. The molecular formula is C21H29NO3. The molecular weight excluding hydrogens is 314 g/mol. The van der Waals surface area contributed by atoms with E-state index in [1.165, 1.54) is 11.1 Å². The summed E-state index contributed by atoms with van der Waals surface area (Å²) < 4.78 is 11.3. The largest absolute Gasteiger partial charge is 0.385 e. The summed E-state index contributed by atoms with van der Waals surface area (Å²) in [7, 11) is 1.76. The van der Waals surface area contributed by atoms with Gasteiger partial charge in [0.25, 0.3) is 0 Å². The van der Waals surface area contributed by atoms with Crippen LogP contribution in [0.5, 0.6) is 0 Å². The third-order valence-corrected chi connectivity index (χ3v) is 6.23. The molecule has 4 heteroatoms. The van der Waals surface area contributed by atoms with E-state index in [0.717, 1.165) is 58.4 Å². The third-order valence-electron chi connectivity index (χ3n) is 6.23. The van der Waals surface area contributed by atoms with Gasteiger partial charge in [-0.1, -0.05) is 24.3 Å². The molecule has 4 nitrogen and oxygen atoms in total. The number of likely N-dealkylation sites (tertiary alicyclic amines) is 1. The second kappa shape index (κ2) is 7.08. The number of hydrogen-bond donors (Lipinski definition) is 0. The smallest absolute Gasteiger partial charge is 0.223 e. The average Bonchev–Trinajstić information content (AvgIpc) is 3.00. The molecule has 0 N–H and O–H groups in total. The van der Waals surface area contributed by atoms with Gasteiger partial charge in [-0.15, -0.1) is 0 Å². The molecule has 0 unspecified atom stereocenters. The normalized spacial score (nSPS) is 25.0. The SMILES string of the molecule is COCC[C@@H]1CCOC2(C1)CN(C(=O)CC1Cc3ccccc3C1)C2. The fourth-order valence-corrected chi connectivity index (χ4v) is 4.88. The maximum Gasteiger partial charge on any atom is 0.223 e. The quantitative estimate of drug-likeness (QED) is 0.825. The Hall–Kier alpha value is -1.39. The summed E-state index contributed by atoms with van der Waals surface area (Å²) in [6.45, 7) is 3.23. The molecule has 1 aromatic carbocycles. The molecule has 0 radical (unpaired) electrons. The van der Waals surface area contributed by atoms with E-state index in [4.69, 9.17) is 9.47 Å². The lowest BCUT2D eigenvalue weighted by molar-refractivity contribution is -0.189. The van der Waals surface area contributed by atoms with Crippen molar-refractivity contribution in [2.45, 2.75) is 44.1 Å². The van der Waals surface area contributed by atoms with Crippen molar-refractivity contribution in [3.8, 4) is 0 Å². The van der Waals surface area contributed by atoms with E-state index < -0.39 is 0 Å². The zero-order chi connectivity index (χ0) is 17.3. The monoisotopic (exact) mass is 343 g/mol. The number of fused-ring (bicyclic) bond motifs is 1. The number of nitrogens with zero attached hydrogens (tertiary/aromatic N) is 1. The van der Waals surface area contributed by atoms with Crippen LogP contribution in [0.3, 0.4) is 0 Å². The molecule has 2 saturated heterocycles. The van der Waals surface area contributed by atoms with Crippen molar-refractivity contribution in [1.82, 2.24) is 4.90 Å². The molecule has 4 rings (SSSR count). The minimum absolute atomic E-state index is 0.0645. The van der Waals surface area contributed by atoms with Crippen LogP contribution in [0.2, 0.25) is 0 Å². The number of amides is 1. The molecule has 1 aliphatic carbocycles. The lowest BCUT2D eigenvalue weighted by Crippen LogP contribution is -2.66. The number of rotatable bonds is 5. The van der Waals surface area contributed by atoms with Gasteiger partial charge in [0, 0.05) is 26.7 Å². The van der Waals surface area contributed by atoms with E-state index >= 15 is 0 Å². The minimum atomic E-state index is -0.0645. The van der Waals surface area contributed by atoms with Crippen LogP contribution in [0, 0.1) is 11.8 Å². The molecule has 1 amide bonds. The predicted octanol–water partition coefficient (Wildman–Crippen LogP) is 2.84. The van der Waals surface area contributed by atoms with Crippen LogP contribution in [0.1, 0.15) is 36.8 Å². The van der Waals surface area contributed by atoms with Gasteiger partial charge in [-0.2, -0.15) is 0 Å². The second-order valence-corrected chi connectivity index (χ2v) is 8.17. The number of ether oxygens (including phenoxy) is 2. The highest BCUT2D eigenvalue weighted by Crippen LogP contribution is 2.39. The molecule has 0 saturated carbocycles. The first kappa shape index (κ1) is 17.0. The summed E-state index contributed by atoms with van der Waals surface area (Å²) in [6.07, 6.45) is 6.09. The minimum Gasteiger partial charge on any atom is -0.385 e. The number of carbonyl (C=O) groups is 1. The standard InChI is InChI=1S/C21H29NO3/c1-24-8-6-16-7-9-25-21(13-16)14-22(15-21)20(23)12-17-10-18-4-2-3-5-19(18)11-17/h2-5,16-17H,6-15H2,1H3/t16-/m1/s1. The number of hydrogen-bond acceptors (Lipinski definition) is 3. The fourth-order valence-electron chi connectivity index (χ4n) is 4.88. The Morgan fingerprint density at radius 3 is 2.64 bits per heavy atom. The summed E-state index contributed by atoms with van der Waals surface area (Å²) >= 11 is 0. The van der Waals surface area contributed by atoms with Crippen LogP contribution in [0.25, 0.3) is 0 Å². The van der Waals surface area contributed by atoms with Crippen molar-refractivity contribution in [2.75, 3.05) is 33.4 Å². The van der Waals surface area contributed by atoms with Crippen molar-refractivity contribution >= 4 is 5.91 Å². The van der Waals surface area contributed by atoms with Crippen LogP contribution in [0.15, 0.2) is 24.3 Å². The first-order valence-electron chi connectivity index (χ1n) is 9.65. The Morgan fingerprint density at radius 1 is 1.24 bits per heavy atom. The molecule has 2 heterocycles. The Kier molecular flexibility index (Phi) is 4.83. The summed E-state index contributed by atoms with van der Waals surface area (Å²) in [4.78, 5) is 14.7. The molecule has 3 aliphatic rings. The van der Waals surface area contributed by atoms with Crippen molar-refractivity contribution in [2.24, 2.45) is 11.8 Å². The molecule has 2 aliphatic heterocycles. The van der Waals surface area contributed by atoms with Gasteiger partial charge in [0.2, 0.25) is 5.91 Å². The van der Waals surface area contributed by atoms with Crippen molar-refractivity contribution < 1.29 is 14.3 Å². The van der Waals surface area contributed by atoms with E-state index in [1.807, 2.05) is 4.90 Å². The lowest BCUT2D eigenvalue weighted by Gasteiger charge is -2.53. The number of carbonyl (C=O) groups excluding carboxylic acids is 1. The highest BCUT2D eigenvalue weighted by Gasteiger charge is 2.49. The highest BCUT2D eigenvalue weighted by atomic mass is 16.5. The molecule has 0 bridgehead atoms. The van der Waals surface area contributed by atoms with Gasteiger partial charge in [0.1, 0.15) is 5.60 Å². The molecule has 1 atom stereocenters. The Morgan fingerprint density at radius 2 is 1.96 bits per heavy atom. The van der Waals surface area contributed by atoms with Crippen LogP contribution < -0.4 is 0 Å². The Balaban J connectivity index is 1.26. The Labute approximate surface area is 150 Å². The lowest BCUT2D eigenvalue weighted by atomic mass is 9.79. The first-order valence-corrected chi connectivity index (χ1v) is 9.65. The maximum absolute atomic E-state index is 12.7. The number of methoxy groups -OCH3 is 1. The highest BCUT2D eigenvalue weighted by molar-refractivity contribution is 5.78. The average molecular weight is 343 g/mol. The number of benzene rings is 1. The zero-order valence-electron chi connectivity index (χ0n) is 15.2. The van der Waals surface area contributed by atoms with E-state index in [0.29, 0.717) is 24.2 Å². The molecule has 0 aromatic heterocycles. The maximum atomic E-state index is 12.7. The van der Waals surface area contributed by atoms with E-state index in [9.17, 15) is 4.79 Å². The summed E-state index contributed by atoms with van der Waals surface area (Å²) in [5.74, 6) is 1.46. The van der Waals surface area contributed by atoms with Crippen LogP contribution in [-0.2, 0) is 27.1 Å². The molecule has 25 heavy (non-hydrogen) atoms. The summed E-state index contributed by atoms with van der Waals surface area (Å²) in [5, 5.41) is 0. The van der Waals surface area contributed by atoms with Gasteiger partial charge >= 0.3 is 0 Å². The van der Waals surface area contributed by atoms with E-state index in [1.54, 1.807) is 7.11 Å². The van der Waals surface area contributed by atoms with Gasteiger partial charge in [-0.25, -0.2) is 0 Å². The predicted molar refractivity (Wildman–Crippen MR) is 96.4 cm³/mol. The topological polar surface area (TPSA) is 38.8 Å². The summed E-state index contributed by atoms with van der Waals surface area (Å²) in [5.41, 5.74) is 2.79. The molecule has 2 fully saturated rings. The van der Waals surface area contributed by atoms with Crippen LogP contribution in [0.4, 0.5) is 0 Å². The first-order chi connectivity index (χ1) is 12.2. The van der Waals surface area contributed by atoms with Gasteiger partial charge in [0.05, 0.1) is 13.1 Å². The molecule has 136 valence electrons. The second-order valence-electron chi connectivity index (χ2n) is 8.17. The van der Waals surface area contributed by atoms with E-state index in [-0.39, 0.29) is 5.60 Å². The van der Waals surface area contributed by atoms with Crippen LogP contribution >= 0.6 is 0 Å². The molecule has 1 aromatic rings. The van der Waals surface area contributed by atoms with Gasteiger partial charge in [-0.3, -0.25) is 4.79 Å². The molecule has 1 spiro atoms. The van der Waals surface area contributed by atoms with Crippen molar-refractivity contribution in [1.29, 1.82) is 0 Å². The Bertz CT molecular complexity index is 598. The van der Waals surface area contributed by atoms with Gasteiger partial charge < -0.3 is 14.4 Å². The van der Waals surface area contributed by atoms with Crippen LogP contribution in [-0.4, -0.2) is 49.8 Å². The van der Waals surface area contributed by atoms with Crippen molar-refractivity contribution in [3.63, 3.8) is 0 Å². The van der Waals surface area contributed by atoms with E-state index in [2.05, 4.69) is 24.3 Å². The summed E-state index contributed by atoms with van der Waals surface area (Å²) in [6, 6.07) is 8.61.